The fourth-order valence-electron chi connectivity index (χ4n) is 2.03. The molecule has 0 spiro atoms. The van der Waals surface area contributed by atoms with Crippen molar-refractivity contribution in [2.75, 3.05) is 11.9 Å². The van der Waals surface area contributed by atoms with Gasteiger partial charge in [0.25, 0.3) is 5.91 Å². The predicted octanol–water partition coefficient (Wildman–Crippen LogP) is 4.56. The third-order valence-corrected chi connectivity index (χ3v) is 3.87. The van der Waals surface area contributed by atoms with E-state index in [-0.39, 0.29) is 5.91 Å². The van der Waals surface area contributed by atoms with Crippen molar-refractivity contribution in [1.82, 2.24) is 10.3 Å². The molecule has 2 rings (SSSR count). The maximum atomic E-state index is 12.1. The maximum Gasteiger partial charge on any atom is 0.269 e. The molecule has 122 valence electrons. The highest BCUT2D eigenvalue weighted by Crippen LogP contribution is 2.23. The van der Waals surface area contributed by atoms with Crippen LogP contribution in [0.15, 0.2) is 36.5 Å². The van der Waals surface area contributed by atoms with E-state index >= 15 is 0 Å². The van der Waals surface area contributed by atoms with Crippen molar-refractivity contribution < 1.29 is 4.79 Å². The third-order valence-electron chi connectivity index (χ3n) is 3.46. The molecule has 1 aromatic heterocycles. The number of hydrogen-bond donors (Lipinski definition) is 2. The molecule has 0 aliphatic heterocycles. The van der Waals surface area contributed by atoms with E-state index in [4.69, 9.17) is 11.6 Å². The zero-order chi connectivity index (χ0) is 16.8. The number of aryl methyl sites for hydroxylation is 1. The first-order valence-electron chi connectivity index (χ1n) is 7.73. The molecule has 0 saturated carbocycles. The molecule has 1 heterocycles. The third kappa shape index (κ3) is 5.25. The van der Waals surface area contributed by atoms with E-state index in [1.807, 2.05) is 31.2 Å². The van der Waals surface area contributed by atoms with Crippen LogP contribution in [0.4, 0.5) is 11.4 Å². The van der Waals surface area contributed by atoms with Crippen LogP contribution in [0.5, 0.6) is 0 Å². The van der Waals surface area contributed by atoms with Crippen LogP contribution in [0.2, 0.25) is 5.02 Å². The number of benzene rings is 1. The van der Waals surface area contributed by atoms with Crippen molar-refractivity contribution in [3.8, 4) is 0 Å². The van der Waals surface area contributed by atoms with Gasteiger partial charge in [-0.3, -0.25) is 9.78 Å². The zero-order valence-corrected chi connectivity index (χ0v) is 14.4. The molecule has 4 nitrogen and oxygen atoms in total. The van der Waals surface area contributed by atoms with E-state index in [0.717, 1.165) is 23.4 Å². The minimum atomic E-state index is -0.156. The van der Waals surface area contributed by atoms with Gasteiger partial charge in [-0.15, -0.1) is 0 Å². The number of pyridine rings is 1. The smallest absolute Gasteiger partial charge is 0.269 e. The lowest BCUT2D eigenvalue weighted by Crippen LogP contribution is -2.26. The fourth-order valence-corrected chi connectivity index (χ4v) is 2.22. The Balaban J connectivity index is 2.04. The van der Waals surface area contributed by atoms with Gasteiger partial charge in [0.1, 0.15) is 5.69 Å². The molecular weight excluding hydrogens is 310 g/mol. The van der Waals surface area contributed by atoms with Crippen LogP contribution in [0.3, 0.4) is 0 Å². The SMILES string of the molecule is Cc1ccc(Nc2ccnc(C(=O)NCCC(C)C)c2)cc1Cl. The molecule has 1 amide bonds. The van der Waals surface area contributed by atoms with Crippen molar-refractivity contribution in [3.05, 3.63) is 52.8 Å². The van der Waals surface area contributed by atoms with Crippen molar-refractivity contribution >= 4 is 28.9 Å². The number of anilines is 2. The minimum Gasteiger partial charge on any atom is -0.355 e. The van der Waals surface area contributed by atoms with Gasteiger partial charge < -0.3 is 10.6 Å². The Morgan fingerprint density at radius 2 is 1.96 bits per heavy atom. The quantitative estimate of drug-likeness (QED) is 0.815. The number of carbonyl (C=O) groups excluding carboxylic acids is 1. The van der Waals surface area contributed by atoms with Crippen LogP contribution in [0.1, 0.15) is 36.3 Å². The van der Waals surface area contributed by atoms with Gasteiger partial charge in [0, 0.05) is 29.1 Å². The Labute approximate surface area is 142 Å². The molecule has 2 aromatic rings. The molecule has 5 heteroatoms. The van der Waals surface area contributed by atoms with Crippen molar-refractivity contribution in [2.24, 2.45) is 5.92 Å². The average Bonchev–Trinajstić information content (AvgIpc) is 2.51. The summed E-state index contributed by atoms with van der Waals surface area (Å²) in [6.45, 7) is 6.87. The summed E-state index contributed by atoms with van der Waals surface area (Å²) in [5.74, 6) is 0.402. The summed E-state index contributed by atoms with van der Waals surface area (Å²) in [5, 5.41) is 6.83. The number of nitrogens with one attached hydrogen (secondary N) is 2. The molecule has 0 aliphatic carbocycles. The van der Waals surface area contributed by atoms with Crippen LogP contribution >= 0.6 is 11.6 Å². The van der Waals surface area contributed by atoms with Gasteiger partial charge in [-0.05, 0) is 49.1 Å². The lowest BCUT2D eigenvalue weighted by Gasteiger charge is -2.10. The van der Waals surface area contributed by atoms with Gasteiger partial charge in [0.15, 0.2) is 0 Å². The Bertz CT molecular complexity index is 686. The van der Waals surface area contributed by atoms with Crippen molar-refractivity contribution in [1.29, 1.82) is 0 Å². The van der Waals surface area contributed by atoms with Gasteiger partial charge >= 0.3 is 0 Å². The van der Waals surface area contributed by atoms with Gasteiger partial charge in [-0.2, -0.15) is 0 Å². The van der Waals surface area contributed by atoms with Gasteiger partial charge in [0.05, 0.1) is 0 Å². The maximum absolute atomic E-state index is 12.1. The van der Waals surface area contributed by atoms with Crippen molar-refractivity contribution in [3.63, 3.8) is 0 Å². The lowest BCUT2D eigenvalue weighted by atomic mass is 10.1. The molecule has 0 atom stereocenters. The summed E-state index contributed by atoms with van der Waals surface area (Å²) in [5.41, 5.74) is 3.10. The second-order valence-electron chi connectivity index (χ2n) is 5.96. The number of halogens is 1. The highest BCUT2D eigenvalue weighted by Gasteiger charge is 2.08. The molecule has 0 fully saturated rings. The summed E-state index contributed by atoms with van der Waals surface area (Å²) in [4.78, 5) is 16.2. The number of rotatable bonds is 6. The van der Waals surface area contributed by atoms with Gasteiger partial charge in [0.2, 0.25) is 0 Å². The lowest BCUT2D eigenvalue weighted by molar-refractivity contribution is 0.0947. The monoisotopic (exact) mass is 331 g/mol. The molecule has 23 heavy (non-hydrogen) atoms. The predicted molar refractivity (Wildman–Crippen MR) is 95.5 cm³/mol. The molecule has 2 N–H and O–H groups in total. The minimum absolute atomic E-state index is 0.156. The Kier molecular flexibility index (Phi) is 5.99. The summed E-state index contributed by atoms with van der Waals surface area (Å²) >= 11 is 6.13. The average molecular weight is 332 g/mol. The van der Waals surface area contributed by atoms with E-state index in [9.17, 15) is 4.79 Å². The summed E-state index contributed by atoms with van der Waals surface area (Å²) < 4.78 is 0. The molecule has 1 aromatic carbocycles. The van der Waals surface area contributed by atoms with E-state index < -0.39 is 0 Å². The highest BCUT2D eigenvalue weighted by molar-refractivity contribution is 6.31. The first-order chi connectivity index (χ1) is 11.0. The standard InChI is InChI=1S/C18H22ClN3O/c1-12(2)6-8-21-18(23)17-11-15(7-9-20-17)22-14-5-4-13(3)16(19)10-14/h4-5,7,9-12H,6,8H2,1-3H3,(H,20,22)(H,21,23). The number of nitrogens with zero attached hydrogens (tertiary/aromatic N) is 1. The van der Waals surface area contributed by atoms with E-state index in [0.29, 0.717) is 23.2 Å². The van der Waals surface area contributed by atoms with Crippen LogP contribution in [-0.2, 0) is 0 Å². The molecule has 0 aliphatic rings. The molecule has 0 unspecified atom stereocenters. The van der Waals surface area contributed by atoms with Crippen LogP contribution in [0, 0.1) is 12.8 Å². The van der Waals surface area contributed by atoms with Gasteiger partial charge in [-0.1, -0.05) is 31.5 Å². The number of carbonyl (C=O) groups is 1. The van der Waals surface area contributed by atoms with Crippen LogP contribution in [0.25, 0.3) is 0 Å². The van der Waals surface area contributed by atoms with Crippen molar-refractivity contribution in [2.45, 2.75) is 27.2 Å². The van der Waals surface area contributed by atoms with Gasteiger partial charge in [-0.25, -0.2) is 0 Å². The topological polar surface area (TPSA) is 54.0 Å². The Morgan fingerprint density at radius 1 is 1.22 bits per heavy atom. The first kappa shape index (κ1) is 17.3. The number of hydrogen-bond acceptors (Lipinski definition) is 3. The number of aromatic nitrogens is 1. The highest BCUT2D eigenvalue weighted by atomic mass is 35.5. The zero-order valence-electron chi connectivity index (χ0n) is 13.7. The Hall–Kier alpha value is -2.07. The second kappa shape index (κ2) is 7.97. The van der Waals surface area contributed by atoms with E-state index in [1.54, 1.807) is 12.3 Å². The summed E-state index contributed by atoms with van der Waals surface area (Å²) in [7, 11) is 0. The fraction of sp³-hybridized carbons (Fsp3) is 0.333. The van der Waals surface area contributed by atoms with E-state index in [2.05, 4.69) is 29.5 Å². The normalized spacial score (nSPS) is 10.7. The summed E-state index contributed by atoms with van der Waals surface area (Å²) in [6, 6.07) is 9.31. The molecule has 0 bridgehead atoms. The van der Waals surface area contributed by atoms with E-state index in [1.165, 1.54) is 0 Å². The Morgan fingerprint density at radius 3 is 2.65 bits per heavy atom. The largest absolute Gasteiger partial charge is 0.355 e. The number of amides is 1. The molecule has 0 saturated heterocycles. The van der Waals surface area contributed by atoms with Crippen LogP contribution in [-0.4, -0.2) is 17.4 Å². The molecule has 0 radical (unpaired) electrons. The summed E-state index contributed by atoms with van der Waals surface area (Å²) in [6.07, 6.45) is 2.57. The van der Waals surface area contributed by atoms with Crippen LogP contribution < -0.4 is 10.6 Å². The molecular formula is C18H22ClN3O. The first-order valence-corrected chi connectivity index (χ1v) is 8.11. The second-order valence-corrected chi connectivity index (χ2v) is 6.36.